The third-order valence-corrected chi connectivity index (χ3v) is 3.89. The van der Waals surface area contributed by atoms with Crippen LogP contribution < -0.4 is 4.72 Å². The Morgan fingerprint density at radius 2 is 2.00 bits per heavy atom. The van der Waals surface area contributed by atoms with Crippen LogP contribution in [0.2, 0.25) is 0 Å². The van der Waals surface area contributed by atoms with Crippen molar-refractivity contribution in [1.29, 1.82) is 0 Å². The molecule has 0 radical (unpaired) electrons. The van der Waals surface area contributed by atoms with Crippen LogP contribution >= 0.6 is 0 Å². The molecule has 0 amide bonds. The molecule has 21 heavy (non-hydrogen) atoms. The smallest absolute Gasteiger partial charge is 0.332 e. The number of hydrogen-bond donors (Lipinski definition) is 3. The fraction of sp³-hybridized carbons (Fsp3) is 0.364. The van der Waals surface area contributed by atoms with Crippen molar-refractivity contribution in [3.8, 4) is 0 Å². The number of sulfonamides is 1. The molecule has 0 saturated heterocycles. The number of nitro groups is 1. The Morgan fingerprint density at radius 1 is 1.38 bits per heavy atom. The Balaban J connectivity index is 2.69. The molecule has 0 heterocycles. The third-order valence-electron chi connectivity index (χ3n) is 2.56. The molecule has 1 aromatic rings. The zero-order chi connectivity index (χ0) is 16.0. The van der Waals surface area contributed by atoms with Crippen molar-refractivity contribution in [3.63, 3.8) is 0 Å². The standard InChI is InChI=1S/C11H14N2O7S/c14-10(11(15)16)5-6-12-21(19,20)7-8-3-1-2-4-9(8)13(17)18/h1-4,10,12,14H,5-7H2,(H,15,16)/t10-/m0/s1. The van der Waals surface area contributed by atoms with Gasteiger partial charge in [0.1, 0.15) is 0 Å². The second-order valence-corrected chi connectivity index (χ2v) is 5.99. The van der Waals surface area contributed by atoms with Crippen LogP contribution in [0.25, 0.3) is 0 Å². The fourth-order valence-corrected chi connectivity index (χ4v) is 2.73. The minimum absolute atomic E-state index is 0.0220. The zero-order valence-electron chi connectivity index (χ0n) is 10.8. The Labute approximate surface area is 120 Å². The summed E-state index contributed by atoms with van der Waals surface area (Å²) in [6.45, 7) is -0.281. The summed E-state index contributed by atoms with van der Waals surface area (Å²) < 4.78 is 25.6. The van der Waals surface area contributed by atoms with Crippen LogP contribution in [0.3, 0.4) is 0 Å². The van der Waals surface area contributed by atoms with Gasteiger partial charge in [-0.2, -0.15) is 0 Å². The van der Waals surface area contributed by atoms with E-state index in [2.05, 4.69) is 4.72 Å². The highest BCUT2D eigenvalue weighted by molar-refractivity contribution is 7.88. The quantitative estimate of drug-likeness (QED) is 0.446. The van der Waals surface area contributed by atoms with Crippen molar-refractivity contribution in [1.82, 2.24) is 4.72 Å². The normalized spacial score (nSPS) is 12.8. The predicted octanol–water partition coefficient (Wildman–Crippen LogP) is -0.150. The van der Waals surface area contributed by atoms with Crippen LogP contribution in [0.4, 0.5) is 5.69 Å². The molecule has 0 aliphatic heterocycles. The maximum Gasteiger partial charge on any atom is 0.332 e. The first-order valence-corrected chi connectivity index (χ1v) is 7.48. The first-order chi connectivity index (χ1) is 9.73. The van der Waals surface area contributed by atoms with E-state index < -0.39 is 32.8 Å². The Morgan fingerprint density at radius 3 is 2.57 bits per heavy atom. The van der Waals surface area contributed by atoms with Gasteiger partial charge in [0, 0.05) is 18.2 Å². The number of benzene rings is 1. The van der Waals surface area contributed by atoms with Crippen LogP contribution in [0.1, 0.15) is 12.0 Å². The van der Waals surface area contributed by atoms with E-state index in [0.29, 0.717) is 0 Å². The van der Waals surface area contributed by atoms with Gasteiger partial charge in [0.05, 0.1) is 10.7 Å². The van der Waals surface area contributed by atoms with E-state index in [9.17, 15) is 23.3 Å². The maximum absolute atomic E-state index is 11.8. The number of nitrogens with zero attached hydrogens (tertiary/aromatic N) is 1. The van der Waals surface area contributed by atoms with Crippen molar-refractivity contribution >= 4 is 21.7 Å². The number of aliphatic hydroxyl groups excluding tert-OH is 1. The van der Waals surface area contributed by atoms with Gasteiger partial charge in [-0.1, -0.05) is 18.2 Å². The minimum Gasteiger partial charge on any atom is -0.479 e. The molecule has 10 heteroatoms. The molecule has 3 N–H and O–H groups in total. The first kappa shape index (κ1) is 17.0. The average molecular weight is 318 g/mol. The predicted molar refractivity (Wildman–Crippen MR) is 72.0 cm³/mol. The molecule has 0 fully saturated rings. The number of nitro benzene ring substituents is 1. The lowest BCUT2D eigenvalue weighted by atomic mass is 10.2. The van der Waals surface area contributed by atoms with Gasteiger partial charge < -0.3 is 10.2 Å². The summed E-state index contributed by atoms with van der Waals surface area (Å²) in [6, 6.07) is 5.42. The molecule has 0 saturated carbocycles. The molecule has 0 unspecified atom stereocenters. The summed E-state index contributed by atoms with van der Waals surface area (Å²) in [7, 11) is -3.87. The molecule has 0 bridgehead atoms. The lowest BCUT2D eigenvalue weighted by Gasteiger charge is -2.08. The van der Waals surface area contributed by atoms with Crippen molar-refractivity contribution < 1.29 is 28.3 Å². The number of aliphatic carboxylic acids is 1. The highest BCUT2D eigenvalue weighted by atomic mass is 32.2. The van der Waals surface area contributed by atoms with Gasteiger partial charge in [-0.25, -0.2) is 17.9 Å². The molecule has 1 rings (SSSR count). The zero-order valence-corrected chi connectivity index (χ0v) is 11.6. The molecule has 0 aliphatic rings. The number of aliphatic hydroxyl groups is 1. The van der Waals surface area contributed by atoms with Gasteiger partial charge in [0.25, 0.3) is 5.69 Å². The molecule has 9 nitrogen and oxygen atoms in total. The van der Waals surface area contributed by atoms with E-state index >= 15 is 0 Å². The van der Waals surface area contributed by atoms with Crippen LogP contribution in [0.15, 0.2) is 24.3 Å². The molecule has 1 atom stereocenters. The van der Waals surface area contributed by atoms with Crippen molar-refractivity contribution in [2.45, 2.75) is 18.3 Å². The summed E-state index contributed by atoms with van der Waals surface area (Å²) in [4.78, 5) is 20.5. The Hall–Kier alpha value is -2.04. The Kier molecular flexibility index (Phi) is 5.76. The van der Waals surface area contributed by atoms with Crippen LogP contribution in [0, 0.1) is 10.1 Å². The second-order valence-electron chi connectivity index (χ2n) is 4.18. The summed E-state index contributed by atoms with van der Waals surface area (Å²) in [5.41, 5.74) is -0.290. The number of carboxylic acids is 1. The topological polar surface area (TPSA) is 147 Å². The van der Waals surface area contributed by atoms with E-state index in [0.717, 1.165) is 0 Å². The number of nitrogens with one attached hydrogen (secondary N) is 1. The van der Waals surface area contributed by atoms with Crippen LogP contribution in [-0.2, 0) is 20.6 Å². The molecular weight excluding hydrogens is 304 g/mol. The van der Waals surface area contributed by atoms with E-state index in [1.807, 2.05) is 0 Å². The molecule has 0 aliphatic carbocycles. The Bertz CT molecular complexity index is 629. The van der Waals surface area contributed by atoms with Crippen LogP contribution in [0.5, 0.6) is 0 Å². The third kappa shape index (κ3) is 5.45. The number of rotatable bonds is 8. The molecule has 1 aromatic carbocycles. The molecule has 116 valence electrons. The van der Waals surface area contributed by atoms with Crippen LogP contribution in [-0.4, -0.2) is 42.2 Å². The lowest BCUT2D eigenvalue weighted by molar-refractivity contribution is -0.385. The van der Waals surface area contributed by atoms with E-state index in [4.69, 9.17) is 10.2 Å². The largest absolute Gasteiger partial charge is 0.479 e. The second kappa shape index (κ2) is 7.11. The average Bonchev–Trinajstić information content (AvgIpc) is 2.38. The van der Waals surface area contributed by atoms with Gasteiger partial charge in [0.15, 0.2) is 6.10 Å². The van der Waals surface area contributed by atoms with E-state index in [1.54, 1.807) is 0 Å². The summed E-state index contributed by atoms with van der Waals surface area (Å²) in [6.07, 6.45) is -1.97. The van der Waals surface area contributed by atoms with Gasteiger partial charge in [-0.3, -0.25) is 10.1 Å². The molecule has 0 spiro atoms. The maximum atomic E-state index is 11.8. The summed E-state index contributed by atoms with van der Waals surface area (Å²) in [5.74, 6) is -2.05. The number of hydrogen-bond acceptors (Lipinski definition) is 6. The highest BCUT2D eigenvalue weighted by Gasteiger charge is 2.20. The lowest BCUT2D eigenvalue weighted by Crippen LogP contribution is -2.31. The van der Waals surface area contributed by atoms with Gasteiger partial charge in [0.2, 0.25) is 10.0 Å². The van der Waals surface area contributed by atoms with Gasteiger partial charge in [-0.15, -0.1) is 0 Å². The number of carboxylic acid groups (broad SMARTS) is 1. The minimum atomic E-state index is -3.87. The summed E-state index contributed by atoms with van der Waals surface area (Å²) in [5, 5.41) is 28.2. The van der Waals surface area contributed by atoms with Crippen molar-refractivity contribution in [2.24, 2.45) is 0 Å². The first-order valence-electron chi connectivity index (χ1n) is 5.83. The highest BCUT2D eigenvalue weighted by Crippen LogP contribution is 2.19. The van der Waals surface area contributed by atoms with Crippen molar-refractivity contribution in [2.75, 3.05) is 6.54 Å². The SMILES string of the molecule is O=C(O)[C@@H](O)CCNS(=O)(=O)Cc1ccccc1[N+](=O)[O-]. The van der Waals surface area contributed by atoms with Gasteiger partial charge >= 0.3 is 5.97 Å². The van der Waals surface area contributed by atoms with Crippen molar-refractivity contribution in [3.05, 3.63) is 39.9 Å². The number of para-hydroxylation sites is 1. The molecule has 0 aromatic heterocycles. The number of carbonyl (C=O) groups is 1. The fourth-order valence-electron chi connectivity index (χ4n) is 1.54. The summed E-state index contributed by atoms with van der Waals surface area (Å²) >= 11 is 0. The monoisotopic (exact) mass is 318 g/mol. The van der Waals surface area contributed by atoms with E-state index in [1.165, 1.54) is 24.3 Å². The van der Waals surface area contributed by atoms with Gasteiger partial charge in [-0.05, 0) is 6.42 Å². The molecular formula is C11H14N2O7S. The van der Waals surface area contributed by atoms with E-state index in [-0.39, 0.29) is 24.2 Å².